The number of benzene rings is 1. The molecule has 2 heterocycles. The summed E-state index contributed by atoms with van der Waals surface area (Å²) in [5.74, 6) is 1.18. The van der Waals surface area contributed by atoms with Crippen molar-refractivity contribution in [1.82, 2.24) is 20.4 Å². The number of aromatic nitrogens is 2. The number of rotatable bonds is 5. The number of anilines is 1. The van der Waals surface area contributed by atoms with Crippen molar-refractivity contribution in [2.24, 2.45) is 0 Å². The first-order valence-corrected chi connectivity index (χ1v) is 9.40. The summed E-state index contributed by atoms with van der Waals surface area (Å²) in [6.07, 6.45) is 2.44. The number of amides is 2. The van der Waals surface area contributed by atoms with Crippen LogP contribution in [0.1, 0.15) is 34.8 Å². The summed E-state index contributed by atoms with van der Waals surface area (Å²) in [6, 6.07) is 13.0. The molecule has 1 aliphatic heterocycles. The molecule has 0 atom stereocenters. The fraction of sp³-hybridized carbons (Fsp3) is 0.400. The summed E-state index contributed by atoms with van der Waals surface area (Å²) in [4.78, 5) is 28.3. The Hall–Kier alpha value is -2.96. The molecule has 27 heavy (non-hydrogen) atoms. The predicted octanol–water partition coefficient (Wildman–Crippen LogP) is 1.43. The van der Waals surface area contributed by atoms with Gasteiger partial charge in [0.2, 0.25) is 5.91 Å². The minimum Gasteiger partial charge on any atom is -0.352 e. The van der Waals surface area contributed by atoms with Crippen LogP contribution in [0.4, 0.5) is 5.82 Å². The first kappa shape index (κ1) is 17.5. The number of nitrogens with zero attached hydrogens (tertiary/aromatic N) is 4. The summed E-state index contributed by atoms with van der Waals surface area (Å²) in [6.45, 7) is 2.69. The van der Waals surface area contributed by atoms with Crippen LogP contribution in [0.25, 0.3) is 0 Å². The van der Waals surface area contributed by atoms with Crippen molar-refractivity contribution in [1.29, 1.82) is 0 Å². The van der Waals surface area contributed by atoms with E-state index in [0.29, 0.717) is 24.6 Å². The van der Waals surface area contributed by atoms with Crippen LogP contribution < -0.4 is 10.2 Å². The Kier molecular flexibility index (Phi) is 5.00. The van der Waals surface area contributed by atoms with Gasteiger partial charge < -0.3 is 15.1 Å². The van der Waals surface area contributed by atoms with Crippen molar-refractivity contribution in [3.8, 4) is 0 Å². The van der Waals surface area contributed by atoms with Crippen LogP contribution in [0, 0.1) is 0 Å². The highest BCUT2D eigenvalue weighted by molar-refractivity contribution is 5.96. The van der Waals surface area contributed by atoms with Gasteiger partial charge in [-0.1, -0.05) is 18.2 Å². The third-order valence-electron chi connectivity index (χ3n) is 5.06. The Morgan fingerprint density at radius 3 is 2.33 bits per heavy atom. The van der Waals surface area contributed by atoms with E-state index in [1.165, 1.54) is 12.8 Å². The van der Waals surface area contributed by atoms with E-state index in [9.17, 15) is 9.59 Å². The maximum Gasteiger partial charge on any atom is 0.251 e. The fourth-order valence-corrected chi connectivity index (χ4v) is 3.25. The number of nitrogens with one attached hydrogen (secondary N) is 1. The van der Waals surface area contributed by atoms with Crippen molar-refractivity contribution >= 4 is 17.6 Å². The standard InChI is InChI=1S/C20H23N5O2/c26-19(14-21-20(27)16-4-2-1-3-5-16)25-12-10-24(11-13-25)18-9-8-17(22-23-18)15-6-7-15/h1-5,8-9,15H,6-7,10-14H2,(H,21,27). The van der Waals surface area contributed by atoms with Gasteiger partial charge in [-0.05, 0) is 37.1 Å². The van der Waals surface area contributed by atoms with Gasteiger partial charge in [-0.2, -0.15) is 5.10 Å². The predicted molar refractivity (Wildman–Crippen MR) is 102 cm³/mol. The molecule has 4 rings (SSSR count). The summed E-state index contributed by atoms with van der Waals surface area (Å²) in [5, 5.41) is 11.4. The van der Waals surface area contributed by atoms with E-state index >= 15 is 0 Å². The second-order valence-corrected chi connectivity index (χ2v) is 7.01. The second kappa shape index (κ2) is 7.73. The average molecular weight is 365 g/mol. The number of carbonyl (C=O) groups is 2. The molecule has 1 N–H and O–H groups in total. The molecule has 1 saturated heterocycles. The van der Waals surface area contributed by atoms with E-state index in [1.807, 2.05) is 12.1 Å². The molecule has 0 unspecified atom stereocenters. The van der Waals surface area contributed by atoms with Gasteiger partial charge in [0.1, 0.15) is 0 Å². The maximum atomic E-state index is 12.4. The van der Waals surface area contributed by atoms with Gasteiger partial charge in [0, 0.05) is 37.7 Å². The van der Waals surface area contributed by atoms with Crippen LogP contribution in [0.3, 0.4) is 0 Å². The summed E-state index contributed by atoms with van der Waals surface area (Å²) in [5.41, 5.74) is 1.64. The highest BCUT2D eigenvalue weighted by Crippen LogP contribution is 2.38. The lowest BCUT2D eigenvalue weighted by atomic mass is 10.2. The summed E-state index contributed by atoms with van der Waals surface area (Å²) < 4.78 is 0. The van der Waals surface area contributed by atoms with E-state index in [0.717, 1.165) is 24.6 Å². The Bertz CT molecular complexity index is 797. The lowest BCUT2D eigenvalue weighted by Gasteiger charge is -2.35. The second-order valence-electron chi connectivity index (χ2n) is 7.01. The SMILES string of the molecule is O=C(NCC(=O)N1CCN(c2ccc(C3CC3)nn2)CC1)c1ccccc1. The van der Waals surface area contributed by atoms with E-state index in [4.69, 9.17) is 0 Å². The van der Waals surface area contributed by atoms with Crippen molar-refractivity contribution in [2.75, 3.05) is 37.6 Å². The van der Waals surface area contributed by atoms with Crippen molar-refractivity contribution in [3.63, 3.8) is 0 Å². The molecule has 1 aliphatic carbocycles. The Morgan fingerprint density at radius 2 is 1.70 bits per heavy atom. The molecule has 140 valence electrons. The van der Waals surface area contributed by atoms with E-state index < -0.39 is 0 Å². The zero-order chi connectivity index (χ0) is 18.6. The lowest BCUT2D eigenvalue weighted by molar-refractivity contribution is -0.130. The van der Waals surface area contributed by atoms with Crippen molar-refractivity contribution in [2.45, 2.75) is 18.8 Å². The van der Waals surface area contributed by atoms with Crippen molar-refractivity contribution < 1.29 is 9.59 Å². The summed E-state index contributed by atoms with van der Waals surface area (Å²) >= 11 is 0. The lowest BCUT2D eigenvalue weighted by Crippen LogP contribution is -2.51. The molecule has 2 fully saturated rings. The molecular weight excluding hydrogens is 342 g/mol. The van der Waals surface area contributed by atoms with Crippen LogP contribution in [-0.4, -0.2) is 59.6 Å². The molecule has 7 nitrogen and oxygen atoms in total. The van der Waals surface area contributed by atoms with Crippen LogP contribution in [0.2, 0.25) is 0 Å². The monoisotopic (exact) mass is 365 g/mol. The van der Waals surface area contributed by atoms with Crippen LogP contribution in [0.15, 0.2) is 42.5 Å². The maximum absolute atomic E-state index is 12.4. The highest BCUT2D eigenvalue weighted by Gasteiger charge is 2.26. The first-order valence-electron chi connectivity index (χ1n) is 9.40. The molecule has 1 aromatic heterocycles. The van der Waals surface area contributed by atoms with Gasteiger partial charge >= 0.3 is 0 Å². The fourth-order valence-electron chi connectivity index (χ4n) is 3.25. The molecule has 2 aromatic rings. The van der Waals surface area contributed by atoms with E-state index in [2.05, 4.69) is 26.5 Å². The molecule has 2 amide bonds. The largest absolute Gasteiger partial charge is 0.352 e. The smallest absolute Gasteiger partial charge is 0.251 e. The first-order chi connectivity index (χ1) is 13.2. The van der Waals surface area contributed by atoms with Crippen LogP contribution >= 0.6 is 0 Å². The Balaban J connectivity index is 1.24. The Labute approximate surface area is 158 Å². The molecule has 1 saturated carbocycles. The molecule has 1 aromatic carbocycles. The molecule has 0 radical (unpaired) electrons. The van der Waals surface area contributed by atoms with E-state index in [-0.39, 0.29) is 18.4 Å². The minimum absolute atomic E-state index is 0.0175. The van der Waals surface area contributed by atoms with Gasteiger partial charge in [0.15, 0.2) is 5.82 Å². The Morgan fingerprint density at radius 1 is 0.963 bits per heavy atom. The van der Waals surface area contributed by atoms with Crippen LogP contribution in [0.5, 0.6) is 0 Å². The zero-order valence-corrected chi connectivity index (χ0v) is 15.2. The minimum atomic E-state index is -0.228. The number of hydrogen-bond donors (Lipinski definition) is 1. The third-order valence-corrected chi connectivity index (χ3v) is 5.06. The molecular formula is C20H23N5O2. The van der Waals surface area contributed by atoms with Crippen molar-refractivity contribution in [3.05, 3.63) is 53.7 Å². The molecule has 7 heteroatoms. The highest BCUT2D eigenvalue weighted by atomic mass is 16.2. The zero-order valence-electron chi connectivity index (χ0n) is 15.2. The number of hydrogen-bond acceptors (Lipinski definition) is 5. The number of piperazine rings is 1. The molecule has 0 spiro atoms. The quantitative estimate of drug-likeness (QED) is 0.867. The van der Waals surface area contributed by atoms with Gasteiger partial charge in [0.25, 0.3) is 5.91 Å². The topological polar surface area (TPSA) is 78.4 Å². The third kappa shape index (κ3) is 4.24. The summed E-state index contributed by atoms with van der Waals surface area (Å²) in [7, 11) is 0. The van der Waals surface area contributed by atoms with Crippen LogP contribution in [-0.2, 0) is 4.79 Å². The van der Waals surface area contributed by atoms with E-state index in [1.54, 1.807) is 29.2 Å². The number of carbonyl (C=O) groups excluding carboxylic acids is 2. The van der Waals surface area contributed by atoms with Gasteiger partial charge in [-0.25, -0.2) is 0 Å². The van der Waals surface area contributed by atoms with Gasteiger partial charge in [-0.3, -0.25) is 9.59 Å². The van der Waals surface area contributed by atoms with Gasteiger partial charge in [-0.15, -0.1) is 5.10 Å². The van der Waals surface area contributed by atoms with Gasteiger partial charge in [0.05, 0.1) is 12.2 Å². The molecule has 2 aliphatic rings. The normalized spacial score (nSPS) is 16.9. The molecule has 0 bridgehead atoms. The average Bonchev–Trinajstić information content (AvgIpc) is 3.58.